The molecule has 2 rings (SSSR count). The molecule has 1 N–H and O–H groups in total. The summed E-state index contributed by atoms with van der Waals surface area (Å²) in [4.78, 5) is 34.8. The van der Waals surface area contributed by atoms with Crippen molar-refractivity contribution in [2.75, 3.05) is 20.3 Å². The molecule has 0 saturated carbocycles. The number of urea groups is 1. The van der Waals surface area contributed by atoms with Crippen molar-refractivity contribution in [3.8, 4) is 11.5 Å². The summed E-state index contributed by atoms with van der Waals surface area (Å²) < 4.78 is 10.6. The number of hydrogen-bond acceptors (Lipinski definition) is 6. The van der Waals surface area contributed by atoms with Crippen LogP contribution in [0.15, 0.2) is 17.8 Å². The predicted molar refractivity (Wildman–Crippen MR) is 82.4 cm³/mol. The maximum absolute atomic E-state index is 12.1. The second-order valence-electron chi connectivity index (χ2n) is 4.72. The van der Waals surface area contributed by atoms with E-state index in [0.29, 0.717) is 28.6 Å². The minimum absolute atomic E-state index is 0.0801. The van der Waals surface area contributed by atoms with E-state index in [2.05, 4.69) is 5.32 Å². The molecule has 1 aromatic rings. The highest BCUT2D eigenvalue weighted by Crippen LogP contribution is 2.37. The van der Waals surface area contributed by atoms with Gasteiger partial charge in [-0.05, 0) is 30.7 Å². The molecule has 0 aliphatic carbocycles. The van der Waals surface area contributed by atoms with Gasteiger partial charge in [-0.1, -0.05) is 11.6 Å². The first-order chi connectivity index (χ1) is 11.4. The van der Waals surface area contributed by atoms with Crippen LogP contribution in [-0.2, 0) is 9.59 Å². The number of carboxylic acid groups (broad SMARTS) is 1. The number of halogens is 1. The van der Waals surface area contributed by atoms with Gasteiger partial charge in [0.2, 0.25) is 0 Å². The topological polar surface area (TPSA) is 108 Å². The molecule has 0 aromatic heterocycles. The summed E-state index contributed by atoms with van der Waals surface area (Å²) in [5, 5.41) is 13.2. The Morgan fingerprint density at radius 3 is 2.71 bits per heavy atom. The second kappa shape index (κ2) is 7.22. The van der Waals surface area contributed by atoms with Gasteiger partial charge in [0.05, 0.1) is 31.3 Å². The lowest BCUT2D eigenvalue weighted by Crippen LogP contribution is -2.41. The number of carboxylic acids is 1. The Kier molecular flexibility index (Phi) is 5.30. The third-order valence-corrected chi connectivity index (χ3v) is 3.38. The number of amides is 3. The third-order valence-electron chi connectivity index (χ3n) is 3.10. The quantitative estimate of drug-likeness (QED) is 0.585. The molecule has 3 amide bonds. The zero-order valence-electron chi connectivity index (χ0n) is 12.9. The van der Waals surface area contributed by atoms with Gasteiger partial charge in [-0.25, -0.2) is 4.79 Å². The summed E-state index contributed by atoms with van der Waals surface area (Å²) >= 11 is 6.14. The van der Waals surface area contributed by atoms with Gasteiger partial charge < -0.3 is 24.7 Å². The molecule has 1 aliphatic rings. The lowest BCUT2D eigenvalue weighted by atomic mass is 10.1. The van der Waals surface area contributed by atoms with Crippen LogP contribution in [0.2, 0.25) is 5.02 Å². The van der Waals surface area contributed by atoms with Gasteiger partial charge in [0.25, 0.3) is 5.91 Å². The van der Waals surface area contributed by atoms with Crippen molar-refractivity contribution in [2.45, 2.75) is 6.92 Å². The molecule has 0 atom stereocenters. The number of aliphatic carboxylic acids is 1. The Balaban J connectivity index is 2.35. The van der Waals surface area contributed by atoms with Gasteiger partial charge in [-0.15, -0.1) is 0 Å². The summed E-state index contributed by atoms with van der Waals surface area (Å²) in [5.41, 5.74) is 0.391. The van der Waals surface area contributed by atoms with E-state index in [4.69, 9.17) is 21.1 Å². The van der Waals surface area contributed by atoms with Crippen LogP contribution in [0.1, 0.15) is 12.5 Å². The molecular weight excluding hydrogens is 340 g/mol. The third kappa shape index (κ3) is 3.60. The van der Waals surface area contributed by atoms with Crippen molar-refractivity contribution in [2.24, 2.45) is 0 Å². The molecule has 0 bridgehead atoms. The number of benzene rings is 1. The van der Waals surface area contributed by atoms with E-state index in [1.54, 1.807) is 13.0 Å². The van der Waals surface area contributed by atoms with Crippen LogP contribution in [-0.4, -0.2) is 43.1 Å². The first kappa shape index (κ1) is 17.6. The van der Waals surface area contributed by atoms with Crippen LogP contribution in [0.25, 0.3) is 6.08 Å². The highest BCUT2D eigenvalue weighted by Gasteiger charge is 2.33. The molecule has 1 saturated heterocycles. The summed E-state index contributed by atoms with van der Waals surface area (Å²) in [6.07, 6.45) is 1.36. The largest absolute Gasteiger partial charge is 0.548 e. The normalized spacial score (nSPS) is 15.6. The first-order valence-electron chi connectivity index (χ1n) is 6.92. The fraction of sp³-hybridized carbons (Fsp3) is 0.267. The zero-order valence-corrected chi connectivity index (χ0v) is 13.7. The highest BCUT2D eigenvalue weighted by molar-refractivity contribution is 6.32. The van der Waals surface area contributed by atoms with E-state index in [1.807, 2.05) is 0 Å². The van der Waals surface area contributed by atoms with Crippen molar-refractivity contribution in [3.63, 3.8) is 0 Å². The number of methoxy groups -OCH3 is 1. The molecule has 9 heteroatoms. The van der Waals surface area contributed by atoms with Gasteiger partial charge in [-0.3, -0.25) is 9.69 Å². The number of carbonyl (C=O) groups is 3. The summed E-state index contributed by atoms with van der Waals surface area (Å²) in [6, 6.07) is 2.27. The molecule has 1 aromatic carbocycles. The Labute approximate surface area is 142 Å². The first-order valence-corrected chi connectivity index (χ1v) is 7.29. The number of imide groups is 1. The molecule has 128 valence electrons. The van der Waals surface area contributed by atoms with E-state index in [9.17, 15) is 19.5 Å². The van der Waals surface area contributed by atoms with Crippen molar-refractivity contribution in [3.05, 3.63) is 28.4 Å². The van der Waals surface area contributed by atoms with Gasteiger partial charge in [0, 0.05) is 0 Å². The van der Waals surface area contributed by atoms with Crippen LogP contribution in [0.5, 0.6) is 11.5 Å². The number of nitrogens with one attached hydrogen (secondary N) is 1. The summed E-state index contributed by atoms with van der Waals surface area (Å²) in [7, 11) is 1.44. The van der Waals surface area contributed by atoms with Gasteiger partial charge >= 0.3 is 6.03 Å². The van der Waals surface area contributed by atoms with Crippen LogP contribution >= 0.6 is 11.6 Å². The molecule has 0 unspecified atom stereocenters. The van der Waals surface area contributed by atoms with Crippen LogP contribution in [0.3, 0.4) is 0 Å². The molecule has 24 heavy (non-hydrogen) atoms. The lowest BCUT2D eigenvalue weighted by Gasteiger charge is -2.12. The van der Waals surface area contributed by atoms with Gasteiger partial charge in [-0.2, -0.15) is 0 Å². The minimum atomic E-state index is -1.54. The molecule has 1 heterocycles. The van der Waals surface area contributed by atoms with E-state index in [-0.39, 0.29) is 10.7 Å². The molecule has 0 spiro atoms. The molecule has 1 aliphatic heterocycles. The summed E-state index contributed by atoms with van der Waals surface area (Å²) in [5.74, 6) is -1.58. The Hall–Kier alpha value is -2.74. The van der Waals surface area contributed by atoms with E-state index in [0.717, 1.165) is 0 Å². The molecular formula is C15H14ClN2O6-. The van der Waals surface area contributed by atoms with E-state index in [1.165, 1.54) is 19.3 Å². The SMILES string of the molecule is CCOc1c(Cl)cc(/C=C2/NC(=O)N(CC(=O)[O-])C2=O)cc1OC. The van der Waals surface area contributed by atoms with E-state index < -0.39 is 24.5 Å². The van der Waals surface area contributed by atoms with Crippen molar-refractivity contribution in [1.29, 1.82) is 0 Å². The van der Waals surface area contributed by atoms with Gasteiger partial charge in [0.15, 0.2) is 11.5 Å². The number of hydrogen-bond donors (Lipinski definition) is 1. The standard InChI is InChI=1S/C15H15ClN2O6/c1-3-24-13-9(16)4-8(6-11(13)23-2)5-10-14(21)18(7-12(19)20)15(22)17-10/h4-6H,3,7H2,1-2H3,(H,17,22)(H,19,20)/p-1/b10-5+. The smallest absolute Gasteiger partial charge is 0.329 e. The van der Waals surface area contributed by atoms with E-state index >= 15 is 0 Å². The van der Waals surface area contributed by atoms with Crippen LogP contribution < -0.4 is 19.9 Å². The Morgan fingerprint density at radius 2 is 2.12 bits per heavy atom. The van der Waals surface area contributed by atoms with Gasteiger partial charge in [0.1, 0.15) is 5.70 Å². The average molecular weight is 354 g/mol. The number of rotatable bonds is 6. The molecule has 8 nitrogen and oxygen atoms in total. The number of carbonyl (C=O) groups excluding carboxylic acids is 3. The number of nitrogens with zero attached hydrogens (tertiary/aromatic N) is 1. The second-order valence-corrected chi connectivity index (χ2v) is 5.13. The predicted octanol–water partition coefficient (Wildman–Crippen LogP) is 0.390. The lowest BCUT2D eigenvalue weighted by molar-refractivity contribution is -0.305. The molecule has 1 fully saturated rings. The van der Waals surface area contributed by atoms with Crippen LogP contribution in [0, 0.1) is 0 Å². The Bertz CT molecular complexity index is 731. The minimum Gasteiger partial charge on any atom is -0.548 e. The summed E-state index contributed by atoms with van der Waals surface area (Å²) in [6.45, 7) is 1.36. The maximum atomic E-state index is 12.1. The Morgan fingerprint density at radius 1 is 1.42 bits per heavy atom. The number of ether oxygens (including phenoxy) is 2. The maximum Gasteiger partial charge on any atom is 0.329 e. The highest BCUT2D eigenvalue weighted by atomic mass is 35.5. The van der Waals surface area contributed by atoms with Crippen LogP contribution in [0.4, 0.5) is 4.79 Å². The fourth-order valence-corrected chi connectivity index (χ4v) is 2.39. The van der Waals surface area contributed by atoms with Crippen molar-refractivity contribution in [1.82, 2.24) is 10.2 Å². The average Bonchev–Trinajstić information content (AvgIpc) is 2.77. The van der Waals surface area contributed by atoms with Crippen molar-refractivity contribution < 1.29 is 29.0 Å². The monoisotopic (exact) mass is 353 g/mol. The fourth-order valence-electron chi connectivity index (χ4n) is 2.12. The van der Waals surface area contributed by atoms with Crippen molar-refractivity contribution >= 4 is 35.6 Å². The zero-order chi connectivity index (χ0) is 17.9. The molecule has 0 radical (unpaired) electrons.